The zero-order valence-electron chi connectivity index (χ0n) is 7.30. The third kappa shape index (κ3) is 1.70. The van der Waals surface area contributed by atoms with Crippen molar-refractivity contribution in [1.82, 2.24) is 0 Å². The number of rotatable bonds is 2. The molecule has 0 radical (unpaired) electrons. The lowest BCUT2D eigenvalue weighted by Crippen LogP contribution is -1.93. The molecule has 0 bridgehead atoms. The molecule has 0 amide bonds. The average molecular weight is 181 g/mol. The van der Waals surface area contributed by atoms with Gasteiger partial charge in [-0.15, -0.1) is 0 Å². The molecule has 0 aliphatic rings. The van der Waals surface area contributed by atoms with Crippen LogP contribution in [0.3, 0.4) is 0 Å². The van der Waals surface area contributed by atoms with Crippen LogP contribution in [-0.2, 0) is 0 Å². The van der Waals surface area contributed by atoms with Crippen molar-refractivity contribution in [2.24, 2.45) is 0 Å². The van der Waals surface area contributed by atoms with Crippen LogP contribution in [-0.4, -0.2) is 14.2 Å². The molecule has 68 valence electrons. The summed E-state index contributed by atoms with van der Waals surface area (Å²) in [5.74, 6) is -0.295. The van der Waals surface area contributed by atoms with Gasteiger partial charge in [0.1, 0.15) is 11.8 Å². The van der Waals surface area contributed by atoms with Gasteiger partial charge in [-0.2, -0.15) is 5.26 Å². The van der Waals surface area contributed by atoms with Crippen LogP contribution in [0.25, 0.3) is 0 Å². The molecule has 1 aromatic rings. The molecular formula is C9H8FNO2. The summed E-state index contributed by atoms with van der Waals surface area (Å²) in [5.41, 5.74) is 0.251. The quantitative estimate of drug-likeness (QED) is 0.697. The lowest BCUT2D eigenvalue weighted by molar-refractivity contribution is 0.376. The van der Waals surface area contributed by atoms with E-state index < -0.39 is 5.82 Å². The number of halogens is 1. The number of hydrogen-bond donors (Lipinski definition) is 0. The van der Waals surface area contributed by atoms with Crippen molar-refractivity contribution < 1.29 is 13.9 Å². The monoisotopic (exact) mass is 181 g/mol. The molecule has 1 rings (SSSR count). The van der Waals surface area contributed by atoms with E-state index in [1.165, 1.54) is 20.3 Å². The zero-order chi connectivity index (χ0) is 9.84. The molecule has 0 heterocycles. The highest BCUT2D eigenvalue weighted by atomic mass is 19.1. The molecule has 0 saturated carbocycles. The zero-order valence-corrected chi connectivity index (χ0v) is 7.30. The van der Waals surface area contributed by atoms with Gasteiger partial charge >= 0.3 is 0 Å². The highest BCUT2D eigenvalue weighted by molar-refractivity contribution is 5.48. The molecule has 0 aromatic heterocycles. The summed E-state index contributed by atoms with van der Waals surface area (Å²) in [6.07, 6.45) is 0. The molecule has 3 nitrogen and oxygen atoms in total. The summed E-state index contributed by atoms with van der Waals surface area (Å²) in [5, 5.41) is 8.65. The predicted octanol–water partition coefficient (Wildman–Crippen LogP) is 1.71. The number of methoxy groups -OCH3 is 2. The van der Waals surface area contributed by atoms with Gasteiger partial charge in [0.05, 0.1) is 19.8 Å². The van der Waals surface area contributed by atoms with E-state index in [9.17, 15) is 4.39 Å². The summed E-state index contributed by atoms with van der Waals surface area (Å²) in [6.45, 7) is 0. The molecule has 0 saturated heterocycles. The van der Waals surface area contributed by atoms with Crippen molar-refractivity contribution in [3.8, 4) is 17.6 Å². The van der Waals surface area contributed by atoms with Gasteiger partial charge in [0.25, 0.3) is 0 Å². The van der Waals surface area contributed by atoms with Crippen LogP contribution in [0.15, 0.2) is 12.1 Å². The van der Waals surface area contributed by atoms with Gasteiger partial charge in [-0.05, 0) is 0 Å². The van der Waals surface area contributed by atoms with Crippen molar-refractivity contribution in [2.75, 3.05) is 14.2 Å². The van der Waals surface area contributed by atoms with Crippen LogP contribution >= 0.6 is 0 Å². The minimum atomic E-state index is -0.543. The van der Waals surface area contributed by atoms with Crippen LogP contribution in [0.2, 0.25) is 0 Å². The Kier molecular flexibility index (Phi) is 2.70. The number of ether oxygens (including phenoxy) is 2. The lowest BCUT2D eigenvalue weighted by Gasteiger charge is -2.05. The van der Waals surface area contributed by atoms with E-state index in [1.807, 2.05) is 6.07 Å². The maximum Gasteiger partial charge on any atom is 0.168 e. The standard InChI is InChI=1S/C9H8FNO2/c1-12-8-4-7(10)9(13-2)3-6(8)5-11/h3-4H,1-2H3. The first-order valence-corrected chi connectivity index (χ1v) is 3.54. The van der Waals surface area contributed by atoms with E-state index in [4.69, 9.17) is 14.7 Å². The van der Waals surface area contributed by atoms with Crippen molar-refractivity contribution in [1.29, 1.82) is 5.26 Å². The van der Waals surface area contributed by atoms with E-state index in [1.54, 1.807) is 0 Å². The molecule has 13 heavy (non-hydrogen) atoms. The van der Waals surface area contributed by atoms with Gasteiger partial charge in [-0.1, -0.05) is 0 Å². The fourth-order valence-electron chi connectivity index (χ4n) is 0.948. The largest absolute Gasteiger partial charge is 0.495 e. The van der Waals surface area contributed by atoms with Crippen molar-refractivity contribution in [2.45, 2.75) is 0 Å². The van der Waals surface area contributed by atoms with E-state index in [0.29, 0.717) is 0 Å². The Morgan fingerprint density at radius 2 is 1.85 bits per heavy atom. The highest BCUT2D eigenvalue weighted by Crippen LogP contribution is 2.26. The molecule has 0 unspecified atom stereocenters. The van der Waals surface area contributed by atoms with Crippen LogP contribution in [0, 0.1) is 17.1 Å². The number of benzene rings is 1. The Balaban J connectivity index is 3.28. The van der Waals surface area contributed by atoms with Crippen LogP contribution < -0.4 is 9.47 Å². The molecule has 0 fully saturated rings. The number of hydrogen-bond acceptors (Lipinski definition) is 3. The van der Waals surface area contributed by atoms with Crippen LogP contribution in [0.5, 0.6) is 11.5 Å². The summed E-state index contributed by atoms with van der Waals surface area (Å²) < 4.78 is 22.5. The fraction of sp³-hybridized carbons (Fsp3) is 0.222. The van der Waals surface area contributed by atoms with E-state index in [-0.39, 0.29) is 17.1 Å². The van der Waals surface area contributed by atoms with Crippen LogP contribution in [0.4, 0.5) is 4.39 Å². The Morgan fingerprint density at radius 1 is 1.23 bits per heavy atom. The van der Waals surface area contributed by atoms with E-state index >= 15 is 0 Å². The van der Waals surface area contributed by atoms with Gasteiger partial charge in [-0.25, -0.2) is 4.39 Å². The second-order valence-electron chi connectivity index (χ2n) is 2.30. The summed E-state index contributed by atoms with van der Waals surface area (Å²) in [7, 11) is 2.72. The predicted molar refractivity (Wildman–Crippen MR) is 44.2 cm³/mol. The smallest absolute Gasteiger partial charge is 0.168 e. The number of nitrogens with zero attached hydrogens (tertiary/aromatic N) is 1. The van der Waals surface area contributed by atoms with Gasteiger partial charge in [0, 0.05) is 12.1 Å². The molecule has 0 spiro atoms. The molecule has 1 aromatic carbocycles. The topological polar surface area (TPSA) is 42.2 Å². The SMILES string of the molecule is COc1cc(C#N)c(OC)cc1F. The van der Waals surface area contributed by atoms with Crippen LogP contribution in [0.1, 0.15) is 5.56 Å². The highest BCUT2D eigenvalue weighted by Gasteiger charge is 2.09. The Hall–Kier alpha value is -1.76. The van der Waals surface area contributed by atoms with Crippen molar-refractivity contribution in [3.63, 3.8) is 0 Å². The first-order valence-electron chi connectivity index (χ1n) is 3.54. The normalized spacial score (nSPS) is 9.08. The second-order valence-corrected chi connectivity index (χ2v) is 2.30. The fourth-order valence-corrected chi connectivity index (χ4v) is 0.948. The summed E-state index contributed by atoms with van der Waals surface area (Å²) in [6, 6.07) is 4.30. The molecule has 0 N–H and O–H groups in total. The van der Waals surface area contributed by atoms with Gasteiger partial charge in [0.15, 0.2) is 11.6 Å². The van der Waals surface area contributed by atoms with E-state index in [2.05, 4.69) is 0 Å². The Morgan fingerprint density at radius 3 is 2.31 bits per heavy atom. The maximum atomic E-state index is 13.0. The van der Waals surface area contributed by atoms with Gasteiger partial charge in [0.2, 0.25) is 0 Å². The molecule has 0 atom stereocenters. The first kappa shape index (κ1) is 9.33. The van der Waals surface area contributed by atoms with Gasteiger partial charge < -0.3 is 9.47 Å². The summed E-state index contributed by atoms with van der Waals surface area (Å²) in [4.78, 5) is 0. The third-order valence-electron chi connectivity index (χ3n) is 1.59. The minimum Gasteiger partial charge on any atom is -0.495 e. The van der Waals surface area contributed by atoms with Crippen molar-refractivity contribution >= 4 is 0 Å². The maximum absolute atomic E-state index is 13.0. The third-order valence-corrected chi connectivity index (χ3v) is 1.59. The second kappa shape index (κ2) is 3.76. The van der Waals surface area contributed by atoms with Crippen molar-refractivity contribution in [3.05, 3.63) is 23.5 Å². The Labute approximate surface area is 75.3 Å². The molecular weight excluding hydrogens is 173 g/mol. The summed E-state index contributed by atoms with van der Waals surface area (Å²) >= 11 is 0. The molecule has 0 aliphatic carbocycles. The lowest BCUT2D eigenvalue weighted by atomic mass is 10.2. The molecule has 0 aliphatic heterocycles. The Bertz CT molecular complexity index is 357. The first-order chi connectivity index (χ1) is 6.22. The van der Waals surface area contributed by atoms with Gasteiger partial charge in [-0.3, -0.25) is 0 Å². The number of nitriles is 1. The minimum absolute atomic E-state index is 0.0392. The van der Waals surface area contributed by atoms with E-state index in [0.717, 1.165) is 6.07 Å². The average Bonchev–Trinajstić information content (AvgIpc) is 2.17. The molecule has 4 heteroatoms.